The fraction of sp³-hybridized carbons (Fsp3) is 0.0476. The normalized spacial score (nSPS) is 15.4. The van der Waals surface area contributed by atoms with Crippen molar-refractivity contribution in [3.63, 3.8) is 0 Å². The molecule has 11 rings (SSSR count). The van der Waals surface area contributed by atoms with Gasteiger partial charge in [-0.2, -0.15) is 0 Å². The van der Waals surface area contributed by atoms with Crippen LogP contribution >= 0.6 is 0 Å². The Labute approximate surface area is 262 Å². The minimum absolute atomic E-state index is 0.0540. The monoisotopic (exact) mass is 592 g/mol. The Morgan fingerprint density at radius 1 is 0.457 bits per heavy atom. The van der Waals surface area contributed by atoms with Gasteiger partial charge >= 0.3 is 0 Å². The number of benzene rings is 6. The lowest BCUT2D eigenvalue weighted by Gasteiger charge is -2.16. The van der Waals surface area contributed by atoms with Crippen molar-refractivity contribution < 1.29 is 18.0 Å². The Bertz CT molecular complexity index is 2740. The summed E-state index contributed by atoms with van der Waals surface area (Å²) in [7, 11) is 0. The third kappa shape index (κ3) is 3.38. The molecule has 0 spiro atoms. The number of fused-ring (bicyclic) bond motifs is 12. The molecule has 0 bridgehead atoms. The predicted octanol–water partition coefficient (Wildman–Crippen LogP) is 11.4. The van der Waals surface area contributed by atoms with Crippen LogP contribution in [0.5, 0.6) is 5.75 Å². The van der Waals surface area contributed by atoms with Crippen LogP contribution in [0.15, 0.2) is 135 Å². The SMILES string of the molecule is C1=C2c3cc(-c4ccccc4)ccc3OC2Cc2oc3cc4oc5cc6c(cc5c4cc3c21)oc1ccc(-c2ccccc2)cc16. The van der Waals surface area contributed by atoms with Gasteiger partial charge in [-0.25, -0.2) is 0 Å². The summed E-state index contributed by atoms with van der Waals surface area (Å²) in [6.07, 6.45) is 2.91. The number of rotatable bonds is 2. The van der Waals surface area contributed by atoms with E-state index >= 15 is 0 Å². The number of hydrogen-bond donors (Lipinski definition) is 0. The van der Waals surface area contributed by atoms with Crippen LogP contribution in [0.3, 0.4) is 0 Å². The predicted molar refractivity (Wildman–Crippen MR) is 184 cm³/mol. The molecule has 1 aliphatic heterocycles. The standard InChI is InChI=1S/C42H24O4/c1-3-7-23(8-4-1)25-11-13-35-27(15-25)29-17-30-31-18-32-34-20-37-33(28-16-26(12-14-36(28)43-37)24-9-5-2-6-10-24)19-38(34)45-42(32)22-41(31)46-40(30)21-39(29)44-35/h1-20,22,39H,21H2. The smallest absolute Gasteiger partial charge is 0.139 e. The molecule has 4 heterocycles. The van der Waals surface area contributed by atoms with Gasteiger partial charge in [0.15, 0.2) is 0 Å². The fourth-order valence-corrected chi connectivity index (χ4v) is 7.53. The van der Waals surface area contributed by atoms with E-state index in [2.05, 4.69) is 109 Å². The van der Waals surface area contributed by atoms with Gasteiger partial charge in [0.25, 0.3) is 0 Å². The molecule has 4 nitrogen and oxygen atoms in total. The minimum Gasteiger partial charge on any atom is -0.485 e. The van der Waals surface area contributed by atoms with E-state index in [1.165, 1.54) is 22.3 Å². The highest BCUT2D eigenvalue weighted by Gasteiger charge is 2.35. The van der Waals surface area contributed by atoms with Gasteiger partial charge in [0, 0.05) is 56.1 Å². The first-order valence-corrected chi connectivity index (χ1v) is 15.6. The molecule has 6 aromatic carbocycles. The van der Waals surface area contributed by atoms with Gasteiger partial charge in [0.2, 0.25) is 0 Å². The molecule has 2 aliphatic rings. The maximum absolute atomic E-state index is 6.47. The van der Waals surface area contributed by atoms with Gasteiger partial charge in [0.05, 0.1) is 0 Å². The Morgan fingerprint density at radius 2 is 1.07 bits per heavy atom. The highest BCUT2D eigenvalue weighted by molar-refractivity contribution is 6.17. The zero-order valence-corrected chi connectivity index (χ0v) is 24.5. The molecular formula is C42H24O4. The van der Waals surface area contributed by atoms with E-state index in [0.29, 0.717) is 6.42 Å². The van der Waals surface area contributed by atoms with Crippen LogP contribution in [0.2, 0.25) is 0 Å². The van der Waals surface area contributed by atoms with E-state index in [0.717, 1.165) is 83.0 Å². The number of hydrogen-bond acceptors (Lipinski definition) is 4. The average molecular weight is 593 g/mol. The van der Waals surface area contributed by atoms with E-state index in [1.54, 1.807) is 0 Å². The minimum atomic E-state index is -0.0540. The molecule has 0 amide bonds. The van der Waals surface area contributed by atoms with Gasteiger partial charge < -0.3 is 18.0 Å². The molecule has 0 saturated heterocycles. The Balaban J connectivity index is 1.06. The summed E-state index contributed by atoms with van der Waals surface area (Å²) in [6.45, 7) is 0. The topological polar surface area (TPSA) is 48.7 Å². The van der Waals surface area contributed by atoms with Crippen molar-refractivity contribution in [3.05, 3.63) is 138 Å². The van der Waals surface area contributed by atoms with E-state index in [4.69, 9.17) is 18.0 Å². The van der Waals surface area contributed by atoms with Crippen LogP contribution < -0.4 is 4.74 Å². The summed E-state index contributed by atoms with van der Waals surface area (Å²) in [5, 5.41) is 5.29. The molecule has 0 saturated carbocycles. The summed E-state index contributed by atoms with van der Waals surface area (Å²) in [5.74, 6) is 1.88. The molecule has 3 aromatic heterocycles. The second-order valence-corrected chi connectivity index (χ2v) is 12.4. The van der Waals surface area contributed by atoms with Crippen LogP contribution in [-0.2, 0) is 6.42 Å². The van der Waals surface area contributed by atoms with Crippen molar-refractivity contribution in [2.45, 2.75) is 12.5 Å². The Kier molecular flexibility index (Phi) is 4.66. The molecule has 1 atom stereocenters. The molecule has 1 aliphatic carbocycles. The summed E-state index contributed by atoms with van der Waals surface area (Å²) in [4.78, 5) is 0. The molecule has 0 N–H and O–H groups in total. The van der Waals surface area contributed by atoms with Crippen LogP contribution in [0.1, 0.15) is 16.9 Å². The second-order valence-electron chi connectivity index (χ2n) is 12.4. The van der Waals surface area contributed by atoms with E-state index < -0.39 is 0 Å². The summed E-state index contributed by atoms with van der Waals surface area (Å²) in [6, 6.07) is 42.3. The molecule has 46 heavy (non-hydrogen) atoms. The van der Waals surface area contributed by atoms with Crippen LogP contribution in [-0.4, -0.2) is 6.10 Å². The fourth-order valence-electron chi connectivity index (χ4n) is 7.53. The lowest BCUT2D eigenvalue weighted by atomic mass is 9.89. The quantitative estimate of drug-likeness (QED) is 0.200. The lowest BCUT2D eigenvalue weighted by molar-refractivity contribution is 0.265. The Morgan fingerprint density at radius 3 is 1.83 bits per heavy atom. The molecule has 4 heteroatoms. The van der Waals surface area contributed by atoms with Crippen molar-refractivity contribution in [1.29, 1.82) is 0 Å². The van der Waals surface area contributed by atoms with E-state index in [9.17, 15) is 0 Å². The first-order chi connectivity index (χ1) is 22.7. The zero-order valence-electron chi connectivity index (χ0n) is 24.5. The third-order valence-corrected chi connectivity index (χ3v) is 9.78. The molecular weight excluding hydrogens is 568 g/mol. The average Bonchev–Trinajstić information content (AvgIpc) is 3.84. The molecule has 1 unspecified atom stereocenters. The number of ether oxygens (including phenoxy) is 1. The molecule has 9 aromatic rings. The third-order valence-electron chi connectivity index (χ3n) is 9.78. The van der Waals surface area contributed by atoms with Gasteiger partial charge in [-0.1, -0.05) is 72.8 Å². The summed E-state index contributed by atoms with van der Waals surface area (Å²) >= 11 is 0. The van der Waals surface area contributed by atoms with Crippen molar-refractivity contribution in [2.24, 2.45) is 0 Å². The van der Waals surface area contributed by atoms with Crippen LogP contribution in [0, 0.1) is 0 Å². The lowest BCUT2D eigenvalue weighted by Crippen LogP contribution is -2.18. The van der Waals surface area contributed by atoms with Gasteiger partial charge in [-0.05, 0) is 70.8 Å². The van der Waals surface area contributed by atoms with Gasteiger partial charge in [-0.3, -0.25) is 0 Å². The zero-order chi connectivity index (χ0) is 29.9. The van der Waals surface area contributed by atoms with Gasteiger partial charge in [0.1, 0.15) is 45.5 Å². The highest BCUT2D eigenvalue weighted by Crippen LogP contribution is 2.47. The first kappa shape index (κ1) is 24.3. The van der Waals surface area contributed by atoms with Crippen molar-refractivity contribution >= 4 is 66.5 Å². The summed E-state index contributed by atoms with van der Waals surface area (Å²) in [5.41, 5.74) is 12.4. The maximum atomic E-state index is 6.47. The van der Waals surface area contributed by atoms with Crippen LogP contribution in [0.25, 0.3) is 88.7 Å². The van der Waals surface area contributed by atoms with Crippen LogP contribution in [0.4, 0.5) is 0 Å². The van der Waals surface area contributed by atoms with Crippen molar-refractivity contribution in [1.82, 2.24) is 0 Å². The summed E-state index contributed by atoms with van der Waals surface area (Å²) < 4.78 is 25.7. The van der Waals surface area contributed by atoms with Crippen molar-refractivity contribution in [3.8, 4) is 28.0 Å². The molecule has 0 fully saturated rings. The maximum Gasteiger partial charge on any atom is 0.139 e. The second kappa shape index (κ2) is 8.80. The molecule has 216 valence electrons. The number of furan rings is 3. The molecule has 0 radical (unpaired) electrons. The van der Waals surface area contributed by atoms with Gasteiger partial charge in [-0.15, -0.1) is 0 Å². The highest BCUT2D eigenvalue weighted by atomic mass is 16.5. The Hall–Kier alpha value is -6.00. The first-order valence-electron chi connectivity index (χ1n) is 15.6. The van der Waals surface area contributed by atoms with E-state index in [-0.39, 0.29) is 6.10 Å². The largest absolute Gasteiger partial charge is 0.485 e. The van der Waals surface area contributed by atoms with E-state index in [1.807, 2.05) is 18.2 Å². The van der Waals surface area contributed by atoms with Crippen molar-refractivity contribution in [2.75, 3.05) is 0 Å².